The molecule has 1 unspecified atom stereocenters. The molecule has 3 aromatic carbocycles. The fraction of sp³-hybridized carbons (Fsp3) is 0.182. The maximum Gasteiger partial charge on any atom is 0.102 e. The number of fused-ring (bicyclic) bond motifs is 3. The van der Waals surface area contributed by atoms with Gasteiger partial charge in [-0.1, -0.05) is 72.8 Å². The van der Waals surface area contributed by atoms with Crippen molar-refractivity contribution >= 4 is 0 Å². The van der Waals surface area contributed by atoms with Gasteiger partial charge in [0.25, 0.3) is 0 Å². The molecule has 1 aliphatic carbocycles. The minimum atomic E-state index is -0.595. The van der Waals surface area contributed by atoms with Crippen LogP contribution in [0, 0.1) is 0 Å². The van der Waals surface area contributed by atoms with E-state index in [0.717, 1.165) is 17.5 Å². The molecule has 0 amide bonds. The molecular formula is C22H20O2. The Kier molecular flexibility index (Phi) is 4.16. The molecule has 0 radical (unpaired) electrons. The average molecular weight is 316 g/mol. The van der Waals surface area contributed by atoms with Crippen LogP contribution in [0.2, 0.25) is 0 Å². The summed E-state index contributed by atoms with van der Waals surface area (Å²) < 4.78 is 5.67. The molecule has 2 heteroatoms. The number of rotatable bonds is 5. The maximum atomic E-state index is 10.4. The summed E-state index contributed by atoms with van der Waals surface area (Å²) in [7, 11) is 0. The smallest absolute Gasteiger partial charge is 0.102 e. The first-order chi connectivity index (χ1) is 11.8. The largest absolute Gasteiger partial charge is 0.386 e. The number of aliphatic hydroxyl groups is 1. The van der Waals surface area contributed by atoms with E-state index in [1.54, 1.807) is 0 Å². The summed E-state index contributed by atoms with van der Waals surface area (Å²) in [5.74, 6) is 0. The van der Waals surface area contributed by atoms with Crippen LogP contribution in [0.25, 0.3) is 11.1 Å². The lowest BCUT2D eigenvalue weighted by Crippen LogP contribution is -2.07. The van der Waals surface area contributed by atoms with Crippen LogP contribution in [0.5, 0.6) is 0 Å². The van der Waals surface area contributed by atoms with E-state index in [4.69, 9.17) is 4.74 Å². The molecule has 0 spiro atoms. The highest BCUT2D eigenvalue weighted by Gasteiger charge is 2.19. The SMILES string of the molecule is OC(COCc1ccccc1)c1ccc2c(c1)Cc1ccccc1-2. The molecule has 4 rings (SSSR count). The number of hydrogen-bond acceptors (Lipinski definition) is 2. The van der Waals surface area contributed by atoms with E-state index < -0.39 is 6.10 Å². The Hall–Kier alpha value is -2.42. The van der Waals surface area contributed by atoms with E-state index in [-0.39, 0.29) is 0 Å². The Morgan fingerprint density at radius 1 is 0.833 bits per heavy atom. The van der Waals surface area contributed by atoms with Gasteiger partial charge in [-0.05, 0) is 39.8 Å². The van der Waals surface area contributed by atoms with E-state index in [1.807, 2.05) is 36.4 Å². The minimum absolute atomic E-state index is 0.306. The molecule has 1 aliphatic rings. The molecule has 0 aromatic heterocycles. The molecule has 120 valence electrons. The van der Waals surface area contributed by atoms with Crippen LogP contribution in [0.4, 0.5) is 0 Å². The zero-order valence-electron chi connectivity index (χ0n) is 13.5. The molecule has 3 aromatic rings. The monoisotopic (exact) mass is 316 g/mol. The number of hydrogen-bond donors (Lipinski definition) is 1. The fourth-order valence-electron chi connectivity index (χ4n) is 3.33. The summed E-state index contributed by atoms with van der Waals surface area (Å²) in [6.07, 6.45) is 0.347. The molecule has 0 saturated carbocycles. The Morgan fingerprint density at radius 3 is 2.46 bits per heavy atom. The molecule has 1 atom stereocenters. The van der Waals surface area contributed by atoms with Crippen LogP contribution in [0.1, 0.15) is 28.4 Å². The van der Waals surface area contributed by atoms with Crippen LogP contribution in [0.3, 0.4) is 0 Å². The van der Waals surface area contributed by atoms with Gasteiger partial charge in [-0.25, -0.2) is 0 Å². The lowest BCUT2D eigenvalue weighted by Gasteiger charge is -2.13. The van der Waals surface area contributed by atoms with Crippen molar-refractivity contribution in [2.45, 2.75) is 19.1 Å². The second kappa shape index (κ2) is 6.60. The van der Waals surface area contributed by atoms with Crippen LogP contribution in [-0.4, -0.2) is 11.7 Å². The Labute approximate surface area is 142 Å². The summed E-state index contributed by atoms with van der Waals surface area (Å²) in [6, 6.07) is 24.8. The third-order valence-electron chi connectivity index (χ3n) is 4.59. The first kappa shape index (κ1) is 15.1. The average Bonchev–Trinajstić information content (AvgIpc) is 3.00. The Morgan fingerprint density at radius 2 is 1.58 bits per heavy atom. The number of aliphatic hydroxyl groups excluding tert-OH is 1. The van der Waals surface area contributed by atoms with Crippen molar-refractivity contribution in [1.82, 2.24) is 0 Å². The van der Waals surface area contributed by atoms with Gasteiger partial charge in [-0.2, -0.15) is 0 Å². The molecule has 0 fully saturated rings. The van der Waals surface area contributed by atoms with Gasteiger partial charge in [0.1, 0.15) is 6.10 Å². The van der Waals surface area contributed by atoms with Gasteiger partial charge in [0.2, 0.25) is 0 Å². The summed E-state index contributed by atoms with van der Waals surface area (Å²) in [6.45, 7) is 0.828. The standard InChI is InChI=1S/C22H20O2/c23-22(15-24-14-16-6-2-1-3-7-16)18-10-11-21-19(13-18)12-17-8-4-5-9-20(17)21/h1-11,13,22-23H,12,14-15H2. The normalized spacial score (nSPS) is 13.4. The van der Waals surface area contributed by atoms with Gasteiger partial charge in [0, 0.05) is 0 Å². The first-order valence-corrected chi connectivity index (χ1v) is 8.32. The van der Waals surface area contributed by atoms with Crippen molar-refractivity contribution in [2.24, 2.45) is 0 Å². The van der Waals surface area contributed by atoms with E-state index in [2.05, 4.69) is 36.4 Å². The molecule has 1 N–H and O–H groups in total. The van der Waals surface area contributed by atoms with Gasteiger partial charge in [0.15, 0.2) is 0 Å². The van der Waals surface area contributed by atoms with Gasteiger partial charge in [0.05, 0.1) is 13.2 Å². The van der Waals surface area contributed by atoms with Crippen LogP contribution >= 0.6 is 0 Å². The van der Waals surface area contributed by atoms with E-state index in [1.165, 1.54) is 22.3 Å². The Bertz CT molecular complexity index is 840. The van der Waals surface area contributed by atoms with Crippen molar-refractivity contribution in [3.8, 4) is 11.1 Å². The maximum absolute atomic E-state index is 10.4. The molecule has 0 saturated heterocycles. The highest BCUT2D eigenvalue weighted by Crippen LogP contribution is 2.37. The van der Waals surface area contributed by atoms with Crippen molar-refractivity contribution in [2.75, 3.05) is 6.61 Å². The van der Waals surface area contributed by atoms with Crippen molar-refractivity contribution in [3.05, 3.63) is 95.1 Å². The van der Waals surface area contributed by atoms with E-state index in [9.17, 15) is 5.11 Å². The van der Waals surface area contributed by atoms with E-state index >= 15 is 0 Å². The predicted octanol–water partition coefficient (Wildman–Crippen LogP) is 4.51. The summed E-state index contributed by atoms with van der Waals surface area (Å²) in [4.78, 5) is 0. The first-order valence-electron chi connectivity index (χ1n) is 8.32. The Balaban J connectivity index is 1.43. The molecule has 2 nitrogen and oxygen atoms in total. The summed E-state index contributed by atoms with van der Waals surface area (Å²) >= 11 is 0. The van der Waals surface area contributed by atoms with Gasteiger partial charge in [-0.3, -0.25) is 0 Å². The van der Waals surface area contributed by atoms with E-state index in [0.29, 0.717) is 13.2 Å². The summed E-state index contributed by atoms with van der Waals surface area (Å²) in [5, 5.41) is 10.4. The van der Waals surface area contributed by atoms with Crippen molar-refractivity contribution in [3.63, 3.8) is 0 Å². The highest BCUT2D eigenvalue weighted by molar-refractivity contribution is 5.76. The zero-order valence-corrected chi connectivity index (χ0v) is 13.5. The predicted molar refractivity (Wildman–Crippen MR) is 95.7 cm³/mol. The lowest BCUT2D eigenvalue weighted by molar-refractivity contribution is 0.0277. The second-order valence-electron chi connectivity index (χ2n) is 6.27. The second-order valence-corrected chi connectivity index (χ2v) is 6.27. The minimum Gasteiger partial charge on any atom is -0.386 e. The van der Waals surface area contributed by atoms with Crippen molar-refractivity contribution in [1.29, 1.82) is 0 Å². The molecule has 0 aliphatic heterocycles. The van der Waals surface area contributed by atoms with Crippen LogP contribution in [-0.2, 0) is 17.8 Å². The van der Waals surface area contributed by atoms with Crippen LogP contribution < -0.4 is 0 Å². The number of benzene rings is 3. The zero-order chi connectivity index (χ0) is 16.4. The molecule has 0 bridgehead atoms. The third kappa shape index (κ3) is 2.99. The quantitative estimate of drug-likeness (QED) is 0.587. The summed E-state index contributed by atoms with van der Waals surface area (Å²) in [5.41, 5.74) is 7.29. The fourth-order valence-corrected chi connectivity index (χ4v) is 3.33. The van der Waals surface area contributed by atoms with Gasteiger partial charge < -0.3 is 9.84 Å². The molecular weight excluding hydrogens is 296 g/mol. The lowest BCUT2D eigenvalue weighted by atomic mass is 10.0. The third-order valence-corrected chi connectivity index (χ3v) is 4.59. The number of ether oxygens (including phenoxy) is 1. The highest BCUT2D eigenvalue weighted by atomic mass is 16.5. The molecule has 0 heterocycles. The topological polar surface area (TPSA) is 29.5 Å². The van der Waals surface area contributed by atoms with Crippen molar-refractivity contribution < 1.29 is 9.84 Å². The van der Waals surface area contributed by atoms with Gasteiger partial charge >= 0.3 is 0 Å². The molecule has 24 heavy (non-hydrogen) atoms. The van der Waals surface area contributed by atoms with Crippen LogP contribution in [0.15, 0.2) is 72.8 Å². The van der Waals surface area contributed by atoms with Gasteiger partial charge in [-0.15, -0.1) is 0 Å².